The van der Waals surface area contributed by atoms with Crippen LogP contribution in [0.4, 0.5) is 0 Å². The van der Waals surface area contributed by atoms with Gasteiger partial charge in [-0.3, -0.25) is 4.79 Å². The predicted octanol–water partition coefficient (Wildman–Crippen LogP) is 4.15. The van der Waals surface area contributed by atoms with Crippen LogP contribution < -0.4 is 5.32 Å². The number of thiophene rings is 1. The van der Waals surface area contributed by atoms with Crippen molar-refractivity contribution in [3.8, 4) is 0 Å². The Kier molecular flexibility index (Phi) is 7.83. The molecule has 2 aromatic heterocycles. The fourth-order valence-corrected chi connectivity index (χ4v) is 4.43. The lowest BCUT2D eigenvalue weighted by molar-refractivity contribution is -0.119. The van der Waals surface area contributed by atoms with Crippen LogP contribution >= 0.6 is 23.1 Å². The molecule has 0 saturated carbocycles. The number of thioether (sulfide) groups is 1. The van der Waals surface area contributed by atoms with Crippen LogP contribution in [0.25, 0.3) is 0 Å². The van der Waals surface area contributed by atoms with Gasteiger partial charge in [-0.1, -0.05) is 55.9 Å². The number of aryl methyl sites for hydroxylation is 2. The van der Waals surface area contributed by atoms with E-state index in [-0.39, 0.29) is 17.7 Å². The summed E-state index contributed by atoms with van der Waals surface area (Å²) in [5.41, 5.74) is 2.43. The van der Waals surface area contributed by atoms with Crippen molar-refractivity contribution in [3.63, 3.8) is 0 Å². The normalized spacial score (nSPS) is 12.3. The molecule has 0 unspecified atom stereocenters. The van der Waals surface area contributed by atoms with Gasteiger partial charge in [0.05, 0.1) is 18.3 Å². The van der Waals surface area contributed by atoms with E-state index in [0.717, 1.165) is 18.4 Å². The molecule has 3 aromatic rings. The summed E-state index contributed by atoms with van der Waals surface area (Å²) in [5.74, 6) is 0.896. The second-order valence-electron chi connectivity index (χ2n) is 7.43. The Balaban J connectivity index is 1.46. The number of benzene rings is 1. The molecule has 1 atom stereocenters. The Hall–Kier alpha value is -2.19. The number of rotatable bonds is 10. The topological polar surface area (TPSA) is 72.7 Å². The lowest BCUT2D eigenvalue weighted by Crippen LogP contribution is -2.28. The molecule has 0 fully saturated rings. The standard InChI is InChI=1S/C21H27N5OS2/c1-15(2)13-17-6-8-18(9-7-17)16(3)22-20(27)14-29-21-23-24-25-26(21)11-10-19-5-4-12-28-19/h4-9,12,15-16H,10-11,13-14H2,1-3H3,(H,22,27)/t16-/m0/s1. The minimum Gasteiger partial charge on any atom is -0.349 e. The maximum absolute atomic E-state index is 12.4. The Morgan fingerprint density at radius 2 is 2.00 bits per heavy atom. The SMILES string of the molecule is CC(C)Cc1ccc([C@H](C)NC(=O)CSc2nnnn2CCc2cccs2)cc1. The van der Waals surface area contributed by atoms with E-state index >= 15 is 0 Å². The van der Waals surface area contributed by atoms with Gasteiger partial charge < -0.3 is 5.32 Å². The second-order valence-corrected chi connectivity index (χ2v) is 9.41. The molecule has 0 radical (unpaired) electrons. The van der Waals surface area contributed by atoms with E-state index in [1.165, 1.54) is 22.2 Å². The predicted molar refractivity (Wildman–Crippen MR) is 118 cm³/mol. The molecule has 2 heterocycles. The third-order valence-electron chi connectivity index (χ3n) is 4.48. The van der Waals surface area contributed by atoms with Gasteiger partial charge in [-0.15, -0.1) is 16.4 Å². The number of nitrogens with zero attached hydrogens (tertiary/aromatic N) is 4. The van der Waals surface area contributed by atoms with Crippen molar-refractivity contribution in [3.05, 3.63) is 57.8 Å². The van der Waals surface area contributed by atoms with Crippen molar-refractivity contribution in [2.75, 3.05) is 5.75 Å². The maximum atomic E-state index is 12.4. The van der Waals surface area contributed by atoms with Crippen molar-refractivity contribution in [2.45, 2.75) is 51.4 Å². The number of tetrazole rings is 1. The lowest BCUT2D eigenvalue weighted by atomic mass is 10.00. The van der Waals surface area contributed by atoms with Crippen molar-refractivity contribution in [1.82, 2.24) is 25.5 Å². The zero-order chi connectivity index (χ0) is 20.6. The van der Waals surface area contributed by atoms with Gasteiger partial charge in [0, 0.05) is 11.3 Å². The maximum Gasteiger partial charge on any atom is 0.230 e. The van der Waals surface area contributed by atoms with E-state index in [1.54, 1.807) is 16.0 Å². The van der Waals surface area contributed by atoms with Gasteiger partial charge in [-0.05, 0) is 52.3 Å². The summed E-state index contributed by atoms with van der Waals surface area (Å²) in [4.78, 5) is 13.7. The Labute approximate surface area is 180 Å². The smallest absolute Gasteiger partial charge is 0.230 e. The van der Waals surface area contributed by atoms with Crippen LogP contribution in [0.2, 0.25) is 0 Å². The fraction of sp³-hybridized carbons (Fsp3) is 0.429. The zero-order valence-corrected chi connectivity index (χ0v) is 18.7. The van der Waals surface area contributed by atoms with Crippen LogP contribution in [-0.2, 0) is 24.2 Å². The van der Waals surface area contributed by atoms with Crippen LogP contribution in [0.3, 0.4) is 0 Å². The molecule has 154 valence electrons. The number of amides is 1. The quantitative estimate of drug-likeness (QED) is 0.490. The lowest BCUT2D eigenvalue weighted by Gasteiger charge is -2.15. The summed E-state index contributed by atoms with van der Waals surface area (Å²) in [5, 5.41) is 17.6. The second kappa shape index (κ2) is 10.5. The monoisotopic (exact) mass is 429 g/mol. The number of hydrogen-bond acceptors (Lipinski definition) is 6. The summed E-state index contributed by atoms with van der Waals surface area (Å²) < 4.78 is 1.76. The van der Waals surface area contributed by atoms with Crippen LogP contribution in [0, 0.1) is 5.92 Å². The number of carbonyl (C=O) groups excluding carboxylic acids is 1. The Bertz CT molecular complexity index is 890. The van der Waals surface area contributed by atoms with Crippen LogP contribution in [0.5, 0.6) is 0 Å². The number of aromatic nitrogens is 4. The molecule has 3 rings (SSSR count). The Morgan fingerprint density at radius 1 is 1.21 bits per heavy atom. The molecule has 0 aliphatic rings. The molecule has 1 aromatic carbocycles. The Morgan fingerprint density at radius 3 is 2.69 bits per heavy atom. The van der Waals surface area contributed by atoms with Gasteiger partial charge in [-0.2, -0.15) is 0 Å². The van der Waals surface area contributed by atoms with Gasteiger partial charge in [0.1, 0.15) is 0 Å². The first-order valence-electron chi connectivity index (χ1n) is 9.81. The number of hydrogen-bond donors (Lipinski definition) is 1. The van der Waals surface area contributed by atoms with Gasteiger partial charge in [0.25, 0.3) is 0 Å². The van der Waals surface area contributed by atoms with E-state index < -0.39 is 0 Å². The molecule has 0 saturated heterocycles. The highest BCUT2D eigenvalue weighted by Gasteiger charge is 2.13. The molecular formula is C21H27N5OS2. The molecule has 1 N–H and O–H groups in total. The third kappa shape index (κ3) is 6.68. The van der Waals surface area contributed by atoms with E-state index in [0.29, 0.717) is 17.6 Å². The average Bonchev–Trinajstić information content (AvgIpc) is 3.36. The first kappa shape index (κ1) is 21.5. The van der Waals surface area contributed by atoms with E-state index in [2.05, 4.69) is 70.4 Å². The summed E-state index contributed by atoms with van der Waals surface area (Å²) >= 11 is 3.09. The molecule has 0 aliphatic carbocycles. The van der Waals surface area contributed by atoms with Crippen molar-refractivity contribution < 1.29 is 4.79 Å². The summed E-state index contributed by atoms with van der Waals surface area (Å²) in [6, 6.07) is 12.6. The van der Waals surface area contributed by atoms with Crippen molar-refractivity contribution in [1.29, 1.82) is 0 Å². The first-order valence-corrected chi connectivity index (χ1v) is 11.7. The summed E-state index contributed by atoms with van der Waals surface area (Å²) in [6.07, 6.45) is 1.95. The highest BCUT2D eigenvalue weighted by molar-refractivity contribution is 7.99. The average molecular weight is 430 g/mol. The highest BCUT2D eigenvalue weighted by atomic mass is 32.2. The van der Waals surface area contributed by atoms with Crippen molar-refractivity contribution in [2.24, 2.45) is 5.92 Å². The minimum atomic E-state index is -0.0361. The van der Waals surface area contributed by atoms with Gasteiger partial charge in [-0.25, -0.2) is 4.68 Å². The third-order valence-corrected chi connectivity index (χ3v) is 6.38. The largest absolute Gasteiger partial charge is 0.349 e. The minimum absolute atomic E-state index is 0.0263. The fourth-order valence-electron chi connectivity index (χ4n) is 3.02. The summed E-state index contributed by atoms with van der Waals surface area (Å²) in [6.45, 7) is 7.14. The van der Waals surface area contributed by atoms with Gasteiger partial charge in [0.15, 0.2) is 0 Å². The van der Waals surface area contributed by atoms with Gasteiger partial charge in [0.2, 0.25) is 11.1 Å². The van der Waals surface area contributed by atoms with E-state index in [1.807, 2.05) is 13.0 Å². The summed E-state index contributed by atoms with van der Waals surface area (Å²) in [7, 11) is 0. The zero-order valence-electron chi connectivity index (χ0n) is 17.0. The molecule has 1 amide bonds. The van der Waals surface area contributed by atoms with Crippen molar-refractivity contribution >= 4 is 29.0 Å². The highest BCUT2D eigenvalue weighted by Crippen LogP contribution is 2.18. The van der Waals surface area contributed by atoms with Crippen LogP contribution in [0.1, 0.15) is 42.8 Å². The molecular weight excluding hydrogens is 402 g/mol. The van der Waals surface area contributed by atoms with E-state index in [9.17, 15) is 4.79 Å². The van der Waals surface area contributed by atoms with Crippen LogP contribution in [-0.4, -0.2) is 31.9 Å². The van der Waals surface area contributed by atoms with Gasteiger partial charge >= 0.3 is 0 Å². The number of carbonyl (C=O) groups is 1. The van der Waals surface area contributed by atoms with Crippen LogP contribution in [0.15, 0.2) is 46.9 Å². The molecule has 0 bridgehead atoms. The molecule has 6 nitrogen and oxygen atoms in total. The molecule has 8 heteroatoms. The first-order chi connectivity index (χ1) is 14.0. The van der Waals surface area contributed by atoms with E-state index in [4.69, 9.17) is 0 Å². The molecule has 29 heavy (non-hydrogen) atoms. The molecule has 0 aliphatic heterocycles. The molecule has 0 spiro atoms. The number of nitrogens with one attached hydrogen (secondary N) is 1.